The number of carbonyl (C=O) groups excluding carboxylic acids is 2. The van der Waals surface area contributed by atoms with Crippen LogP contribution in [0.3, 0.4) is 0 Å². The van der Waals surface area contributed by atoms with Crippen molar-refractivity contribution < 1.29 is 19.1 Å². The lowest BCUT2D eigenvalue weighted by Gasteiger charge is -2.45. The van der Waals surface area contributed by atoms with Gasteiger partial charge < -0.3 is 9.47 Å². The molecule has 0 saturated carbocycles. The monoisotopic (exact) mass is 353 g/mol. The number of hydrogen-bond donors (Lipinski definition) is 0. The van der Waals surface area contributed by atoms with Crippen molar-refractivity contribution >= 4 is 17.6 Å². The Hall–Kier alpha value is -2.82. The van der Waals surface area contributed by atoms with Gasteiger partial charge in [0.2, 0.25) is 5.91 Å². The van der Waals surface area contributed by atoms with E-state index in [9.17, 15) is 9.59 Å². The molecular weight excluding hydrogens is 330 g/mol. The van der Waals surface area contributed by atoms with E-state index in [2.05, 4.69) is 12.1 Å². The van der Waals surface area contributed by atoms with Crippen molar-refractivity contribution in [1.82, 2.24) is 0 Å². The van der Waals surface area contributed by atoms with E-state index < -0.39 is 6.23 Å². The molecule has 0 aliphatic carbocycles. The standard InChI is InChI=1S/C21H23NO4/c1-15(23)26-21-19(10-6-9-16-7-4-3-5-8-16)20(24)22(21)17-11-13-18(25-2)14-12-17/h3-5,7-8,11-14,19,21H,6,9-10H2,1-2H3/t19-,21+/m0/s1. The predicted octanol–water partition coefficient (Wildman–Crippen LogP) is 3.57. The van der Waals surface area contributed by atoms with Gasteiger partial charge >= 0.3 is 5.97 Å². The van der Waals surface area contributed by atoms with Gasteiger partial charge in [-0.2, -0.15) is 0 Å². The number of ether oxygens (including phenoxy) is 2. The average Bonchev–Trinajstić information content (AvgIpc) is 2.66. The van der Waals surface area contributed by atoms with E-state index in [4.69, 9.17) is 9.47 Å². The lowest BCUT2D eigenvalue weighted by molar-refractivity contribution is -0.161. The summed E-state index contributed by atoms with van der Waals surface area (Å²) < 4.78 is 10.6. The van der Waals surface area contributed by atoms with Crippen molar-refractivity contribution in [2.75, 3.05) is 12.0 Å². The van der Waals surface area contributed by atoms with E-state index in [0.717, 1.165) is 12.8 Å². The number of carbonyl (C=O) groups is 2. The van der Waals surface area contributed by atoms with Gasteiger partial charge in [-0.3, -0.25) is 14.5 Å². The van der Waals surface area contributed by atoms with E-state index in [1.54, 1.807) is 36.3 Å². The fourth-order valence-corrected chi connectivity index (χ4v) is 3.28. The molecule has 2 aromatic carbocycles. The zero-order valence-electron chi connectivity index (χ0n) is 15.1. The molecule has 2 aromatic rings. The molecule has 0 unspecified atom stereocenters. The summed E-state index contributed by atoms with van der Waals surface area (Å²) in [7, 11) is 1.59. The third-order valence-electron chi connectivity index (χ3n) is 4.61. The van der Waals surface area contributed by atoms with Crippen LogP contribution in [0.2, 0.25) is 0 Å². The summed E-state index contributed by atoms with van der Waals surface area (Å²) in [6.07, 6.45) is 1.93. The summed E-state index contributed by atoms with van der Waals surface area (Å²) in [4.78, 5) is 25.7. The molecule has 1 fully saturated rings. The molecule has 0 N–H and O–H groups in total. The van der Waals surface area contributed by atoms with Crippen molar-refractivity contribution in [3.05, 3.63) is 60.2 Å². The van der Waals surface area contributed by atoms with Gasteiger partial charge in [0.15, 0.2) is 6.23 Å². The third-order valence-corrected chi connectivity index (χ3v) is 4.61. The molecule has 0 radical (unpaired) electrons. The number of β-lactam (4-membered cyclic amide) rings is 1. The van der Waals surface area contributed by atoms with E-state index in [-0.39, 0.29) is 17.8 Å². The maximum atomic E-state index is 12.7. The topological polar surface area (TPSA) is 55.8 Å². The van der Waals surface area contributed by atoms with Crippen LogP contribution >= 0.6 is 0 Å². The van der Waals surface area contributed by atoms with E-state index >= 15 is 0 Å². The summed E-state index contributed by atoms with van der Waals surface area (Å²) in [5, 5.41) is 0. The Labute approximate surface area is 153 Å². The van der Waals surface area contributed by atoms with Crippen LogP contribution in [0.15, 0.2) is 54.6 Å². The molecule has 0 aromatic heterocycles. The highest BCUT2D eigenvalue weighted by molar-refractivity contribution is 6.02. The Morgan fingerprint density at radius 3 is 2.38 bits per heavy atom. The van der Waals surface area contributed by atoms with Crippen LogP contribution < -0.4 is 9.64 Å². The van der Waals surface area contributed by atoms with Crippen molar-refractivity contribution in [2.24, 2.45) is 5.92 Å². The van der Waals surface area contributed by atoms with Gasteiger partial charge in [-0.1, -0.05) is 30.3 Å². The zero-order valence-corrected chi connectivity index (χ0v) is 15.1. The van der Waals surface area contributed by atoms with Crippen LogP contribution in [0.4, 0.5) is 5.69 Å². The molecule has 1 aliphatic rings. The fraction of sp³-hybridized carbons (Fsp3) is 0.333. The number of methoxy groups -OCH3 is 1. The number of rotatable bonds is 7. The highest BCUT2D eigenvalue weighted by Crippen LogP contribution is 2.37. The summed E-state index contributed by atoms with van der Waals surface area (Å²) in [6, 6.07) is 17.3. The van der Waals surface area contributed by atoms with Gasteiger partial charge in [-0.05, 0) is 49.1 Å². The number of amides is 1. The zero-order chi connectivity index (χ0) is 18.5. The second-order valence-electron chi connectivity index (χ2n) is 6.39. The van der Waals surface area contributed by atoms with E-state index in [1.807, 2.05) is 18.2 Å². The van der Waals surface area contributed by atoms with E-state index in [0.29, 0.717) is 17.9 Å². The van der Waals surface area contributed by atoms with Crippen LogP contribution in [0.1, 0.15) is 25.3 Å². The van der Waals surface area contributed by atoms with Crippen LogP contribution in [-0.2, 0) is 20.7 Å². The molecule has 5 heteroatoms. The average molecular weight is 353 g/mol. The third kappa shape index (κ3) is 3.87. The second-order valence-corrected chi connectivity index (χ2v) is 6.39. The van der Waals surface area contributed by atoms with Gasteiger partial charge in [0.05, 0.1) is 13.0 Å². The first-order valence-corrected chi connectivity index (χ1v) is 8.78. The Kier molecular flexibility index (Phi) is 5.56. The molecule has 5 nitrogen and oxygen atoms in total. The van der Waals surface area contributed by atoms with Crippen LogP contribution in [0.25, 0.3) is 0 Å². The minimum Gasteiger partial charge on any atom is -0.497 e. The second kappa shape index (κ2) is 8.04. The number of hydrogen-bond acceptors (Lipinski definition) is 4. The largest absolute Gasteiger partial charge is 0.497 e. The fourth-order valence-electron chi connectivity index (χ4n) is 3.28. The van der Waals surface area contributed by atoms with Crippen LogP contribution in [0, 0.1) is 5.92 Å². The normalized spacial score (nSPS) is 19.0. The molecule has 26 heavy (non-hydrogen) atoms. The maximum Gasteiger partial charge on any atom is 0.304 e. The Bertz CT molecular complexity index is 757. The number of anilines is 1. The number of nitrogens with zero attached hydrogens (tertiary/aromatic N) is 1. The van der Waals surface area contributed by atoms with Gasteiger partial charge in [-0.25, -0.2) is 0 Å². The maximum absolute atomic E-state index is 12.7. The van der Waals surface area contributed by atoms with Crippen molar-refractivity contribution in [2.45, 2.75) is 32.4 Å². The Balaban J connectivity index is 1.65. The van der Waals surface area contributed by atoms with Gasteiger partial charge in [-0.15, -0.1) is 0 Å². The minimum atomic E-state index is -0.538. The van der Waals surface area contributed by atoms with Gasteiger partial charge in [0.25, 0.3) is 0 Å². The number of aryl methyl sites for hydroxylation is 1. The molecule has 2 atom stereocenters. The molecule has 0 spiro atoms. The lowest BCUT2D eigenvalue weighted by atomic mass is 9.88. The molecule has 1 heterocycles. The quantitative estimate of drug-likeness (QED) is 0.564. The van der Waals surface area contributed by atoms with Crippen LogP contribution in [0.5, 0.6) is 5.75 Å². The van der Waals surface area contributed by atoms with E-state index in [1.165, 1.54) is 12.5 Å². The molecule has 0 bridgehead atoms. The van der Waals surface area contributed by atoms with Gasteiger partial charge in [0, 0.05) is 12.6 Å². The first kappa shape index (κ1) is 18.0. The Morgan fingerprint density at radius 2 is 1.77 bits per heavy atom. The SMILES string of the molecule is COc1ccc(N2C(=O)[C@H](CCCc3ccccc3)[C@H]2OC(C)=O)cc1. The number of esters is 1. The molecule has 3 rings (SSSR count). The minimum absolute atomic E-state index is 0.00511. The first-order valence-electron chi connectivity index (χ1n) is 8.78. The molecule has 1 aliphatic heterocycles. The lowest BCUT2D eigenvalue weighted by Crippen LogP contribution is -2.63. The van der Waals surface area contributed by atoms with Crippen molar-refractivity contribution in [3.63, 3.8) is 0 Å². The summed E-state index contributed by atoms with van der Waals surface area (Å²) >= 11 is 0. The molecule has 1 amide bonds. The first-order chi connectivity index (χ1) is 12.6. The van der Waals surface area contributed by atoms with Crippen LogP contribution in [-0.4, -0.2) is 25.2 Å². The summed E-state index contributed by atoms with van der Waals surface area (Å²) in [6.45, 7) is 1.37. The predicted molar refractivity (Wildman–Crippen MR) is 98.9 cm³/mol. The summed E-state index contributed by atoms with van der Waals surface area (Å²) in [5.41, 5.74) is 1.96. The van der Waals surface area contributed by atoms with Crippen molar-refractivity contribution in [3.8, 4) is 5.75 Å². The molecule has 1 saturated heterocycles. The van der Waals surface area contributed by atoms with Gasteiger partial charge in [0.1, 0.15) is 5.75 Å². The molecule has 136 valence electrons. The molecular formula is C21H23NO4. The smallest absolute Gasteiger partial charge is 0.304 e. The van der Waals surface area contributed by atoms with Crippen molar-refractivity contribution in [1.29, 1.82) is 0 Å². The highest BCUT2D eigenvalue weighted by atomic mass is 16.6. The summed E-state index contributed by atoms with van der Waals surface area (Å²) in [5.74, 6) is 0.0402. The highest BCUT2D eigenvalue weighted by Gasteiger charge is 2.49. The Morgan fingerprint density at radius 1 is 1.08 bits per heavy atom. The number of benzene rings is 2.